The van der Waals surface area contributed by atoms with Gasteiger partial charge < -0.3 is 16.0 Å². The van der Waals surface area contributed by atoms with Gasteiger partial charge in [-0.15, -0.1) is 0 Å². The molecule has 3 amide bonds. The second kappa shape index (κ2) is 15.8. The van der Waals surface area contributed by atoms with E-state index in [0.717, 1.165) is 65.3 Å². The molecule has 5 aromatic rings. The molecule has 1 aliphatic carbocycles. The maximum Gasteiger partial charge on any atom is 0.272 e. The van der Waals surface area contributed by atoms with E-state index in [0.29, 0.717) is 30.2 Å². The van der Waals surface area contributed by atoms with Crippen molar-refractivity contribution in [3.05, 3.63) is 138 Å². The highest BCUT2D eigenvalue weighted by molar-refractivity contribution is 6.20. The minimum Gasteiger partial charge on any atom is -0.369 e. The Morgan fingerprint density at radius 1 is 0.788 bits per heavy atom. The molecule has 264 valence electrons. The van der Waals surface area contributed by atoms with Crippen LogP contribution in [0.15, 0.2) is 126 Å². The number of hydrogen-bond acceptors (Lipinski definition) is 4. The lowest BCUT2D eigenvalue weighted by Gasteiger charge is -2.29. The van der Waals surface area contributed by atoms with Crippen LogP contribution in [0.4, 0.5) is 5.69 Å². The minimum absolute atomic E-state index is 0.270. The highest BCUT2D eigenvalue weighted by Crippen LogP contribution is 2.35. The number of para-hydroxylation sites is 1. The van der Waals surface area contributed by atoms with Crippen molar-refractivity contribution in [3.8, 4) is 11.1 Å². The number of carbonyl (C=O) groups is 3. The van der Waals surface area contributed by atoms with E-state index < -0.39 is 23.9 Å². The van der Waals surface area contributed by atoms with Crippen LogP contribution in [0.5, 0.6) is 0 Å². The van der Waals surface area contributed by atoms with Crippen LogP contribution in [0.3, 0.4) is 0 Å². The van der Waals surface area contributed by atoms with E-state index in [4.69, 9.17) is 10.7 Å². The summed E-state index contributed by atoms with van der Waals surface area (Å²) in [6, 6.07) is 40.5. The number of amides is 3. The van der Waals surface area contributed by atoms with Gasteiger partial charge in [0.2, 0.25) is 18.0 Å². The predicted octanol–water partition coefficient (Wildman–Crippen LogP) is 8.43. The Morgan fingerprint density at radius 2 is 1.48 bits per heavy atom. The van der Waals surface area contributed by atoms with Gasteiger partial charge in [-0.1, -0.05) is 142 Å². The number of hydrogen-bond donors (Lipinski definition) is 2. The summed E-state index contributed by atoms with van der Waals surface area (Å²) in [5.74, 6) is -2.06. The van der Waals surface area contributed by atoms with Crippen molar-refractivity contribution >= 4 is 39.9 Å². The van der Waals surface area contributed by atoms with E-state index in [1.807, 2.05) is 85.8 Å². The van der Waals surface area contributed by atoms with E-state index in [9.17, 15) is 14.4 Å². The summed E-state index contributed by atoms with van der Waals surface area (Å²) < 4.78 is 0. The maximum atomic E-state index is 14.8. The molecule has 0 spiro atoms. The number of nitrogens with zero attached hydrogens (tertiary/aromatic N) is 2. The van der Waals surface area contributed by atoms with E-state index in [-0.39, 0.29) is 18.4 Å². The zero-order chi connectivity index (χ0) is 36.0. The molecule has 3 N–H and O–H groups in total. The number of nitrogens with two attached hydrogens (primary N) is 1. The van der Waals surface area contributed by atoms with Gasteiger partial charge in [0.05, 0.1) is 17.9 Å². The molecular formula is C45H46N4O3. The van der Waals surface area contributed by atoms with Gasteiger partial charge in [-0.2, -0.15) is 0 Å². The lowest BCUT2D eigenvalue weighted by atomic mass is 9.80. The number of benzene rings is 5. The first-order valence-corrected chi connectivity index (χ1v) is 18.6. The Kier molecular flexibility index (Phi) is 10.6. The number of nitrogens with one attached hydrogen (secondary N) is 1. The quantitative estimate of drug-likeness (QED) is 0.137. The second-order valence-electron chi connectivity index (χ2n) is 14.2. The molecule has 7 rings (SSSR count). The normalized spacial score (nSPS) is 17.2. The van der Waals surface area contributed by atoms with Gasteiger partial charge in [0, 0.05) is 23.0 Å². The standard InChI is InChI=1S/C45H46N4O3/c1-2-13-37(42(46)50)39(27-30-14-6-7-15-30)44(51)48-43-45(52)49(40-23-11-10-22-38(40)41(47-43)33-18-4-3-5-19-33)29-31-16-12-21-34(26-31)36-25-24-32-17-8-9-20-35(32)28-36/h3-5,8-12,16-26,28,30,37,39,43H,2,6-7,13-15,27,29H2,1H3,(H2,46,50)(H,48,51)/t37-,39+,43?/m0/s1. The zero-order valence-corrected chi connectivity index (χ0v) is 29.7. The highest BCUT2D eigenvalue weighted by atomic mass is 16.2. The van der Waals surface area contributed by atoms with Gasteiger partial charge in [-0.3, -0.25) is 14.4 Å². The first-order valence-electron chi connectivity index (χ1n) is 18.6. The largest absolute Gasteiger partial charge is 0.369 e. The van der Waals surface area contributed by atoms with Crippen LogP contribution in [-0.2, 0) is 20.9 Å². The summed E-state index contributed by atoms with van der Waals surface area (Å²) in [6.45, 7) is 2.27. The van der Waals surface area contributed by atoms with Crippen LogP contribution < -0.4 is 16.0 Å². The lowest BCUT2D eigenvalue weighted by molar-refractivity contribution is -0.136. The third kappa shape index (κ3) is 7.54. The number of benzodiazepines with no additional fused rings is 1. The average molecular weight is 691 g/mol. The number of rotatable bonds is 12. The van der Waals surface area contributed by atoms with E-state index in [2.05, 4.69) is 47.8 Å². The van der Waals surface area contributed by atoms with Crippen molar-refractivity contribution in [2.24, 2.45) is 28.5 Å². The van der Waals surface area contributed by atoms with Gasteiger partial charge in [0.25, 0.3) is 5.91 Å². The summed E-state index contributed by atoms with van der Waals surface area (Å²) in [7, 11) is 0. The number of anilines is 1. The van der Waals surface area contributed by atoms with E-state index in [1.54, 1.807) is 4.90 Å². The zero-order valence-electron chi connectivity index (χ0n) is 29.7. The lowest BCUT2D eigenvalue weighted by Crippen LogP contribution is -2.50. The fraction of sp³-hybridized carbons (Fsp3) is 0.289. The van der Waals surface area contributed by atoms with Gasteiger partial charge in [-0.05, 0) is 64.4 Å². The average Bonchev–Trinajstić information content (AvgIpc) is 3.67. The Hall–Kier alpha value is -5.56. The van der Waals surface area contributed by atoms with Crippen LogP contribution in [-0.4, -0.2) is 29.6 Å². The van der Waals surface area contributed by atoms with Gasteiger partial charge in [0.15, 0.2) is 0 Å². The van der Waals surface area contributed by atoms with Crippen LogP contribution in [0.1, 0.15) is 68.6 Å². The minimum atomic E-state index is -1.21. The third-order valence-electron chi connectivity index (χ3n) is 10.7. The first-order chi connectivity index (χ1) is 25.4. The van der Waals surface area contributed by atoms with Crippen LogP contribution in [0.25, 0.3) is 21.9 Å². The van der Waals surface area contributed by atoms with Crippen molar-refractivity contribution in [1.29, 1.82) is 0 Å². The topological polar surface area (TPSA) is 105 Å². The molecule has 1 unspecified atom stereocenters. The second-order valence-corrected chi connectivity index (χ2v) is 14.2. The molecule has 2 aliphatic rings. The third-order valence-corrected chi connectivity index (χ3v) is 10.7. The summed E-state index contributed by atoms with van der Waals surface area (Å²) in [4.78, 5) is 48.8. The van der Waals surface area contributed by atoms with Crippen molar-refractivity contribution in [3.63, 3.8) is 0 Å². The Morgan fingerprint density at radius 3 is 2.25 bits per heavy atom. The molecule has 0 saturated heterocycles. The van der Waals surface area contributed by atoms with Gasteiger partial charge >= 0.3 is 0 Å². The molecule has 0 bridgehead atoms. The molecule has 0 radical (unpaired) electrons. The van der Waals surface area contributed by atoms with Gasteiger partial charge in [-0.25, -0.2) is 4.99 Å². The predicted molar refractivity (Wildman–Crippen MR) is 209 cm³/mol. The maximum absolute atomic E-state index is 14.8. The van der Waals surface area contributed by atoms with Crippen molar-refractivity contribution in [1.82, 2.24) is 5.32 Å². The van der Waals surface area contributed by atoms with Crippen molar-refractivity contribution in [2.75, 3.05) is 4.90 Å². The Bertz CT molecular complexity index is 2100. The summed E-state index contributed by atoms with van der Waals surface area (Å²) >= 11 is 0. The highest BCUT2D eigenvalue weighted by Gasteiger charge is 2.39. The Balaban J connectivity index is 1.26. The summed E-state index contributed by atoms with van der Waals surface area (Å²) in [5, 5.41) is 5.40. The molecule has 0 aromatic heterocycles. The monoisotopic (exact) mass is 690 g/mol. The summed E-state index contributed by atoms with van der Waals surface area (Å²) in [6.07, 6.45) is 4.90. The molecule has 1 heterocycles. The SMILES string of the molecule is CCC[C@H](C(N)=O)[C@@H](CC1CCCC1)C(=O)NC1N=C(c2ccccc2)c2ccccc2N(Cc2cccc(-c3ccc4ccccc4c3)c2)C1=O. The fourth-order valence-electron chi connectivity index (χ4n) is 8.07. The van der Waals surface area contributed by atoms with Crippen molar-refractivity contribution < 1.29 is 14.4 Å². The molecule has 7 nitrogen and oxygen atoms in total. The molecular weight excluding hydrogens is 645 g/mol. The summed E-state index contributed by atoms with van der Waals surface area (Å²) in [5.41, 5.74) is 12.0. The molecule has 1 aliphatic heterocycles. The number of aliphatic imine (C=N–C) groups is 1. The van der Waals surface area contributed by atoms with Crippen LogP contribution in [0.2, 0.25) is 0 Å². The smallest absolute Gasteiger partial charge is 0.272 e. The molecule has 7 heteroatoms. The Labute approximate surface area is 306 Å². The van der Waals surface area contributed by atoms with Crippen LogP contribution >= 0.6 is 0 Å². The van der Waals surface area contributed by atoms with Gasteiger partial charge in [0.1, 0.15) is 0 Å². The molecule has 1 saturated carbocycles. The number of carbonyl (C=O) groups excluding carboxylic acids is 3. The molecule has 52 heavy (non-hydrogen) atoms. The van der Waals surface area contributed by atoms with Crippen molar-refractivity contribution in [2.45, 2.75) is 64.6 Å². The van der Waals surface area contributed by atoms with Crippen LogP contribution in [0, 0.1) is 17.8 Å². The van der Waals surface area contributed by atoms with E-state index >= 15 is 0 Å². The molecule has 3 atom stereocenters. The molecule has 1 fully saturated rings. The molecule has 5 aromatic carbocycles. The number of primary amides is 1. The first kappa shape index (κ1) is 34.9. The fourth-order valence-corrected chi connectivity index (χ4v) is 8.07. The number of fused-ring (bicyclic) bond motifs is 2. The van der Waals surface area contributed by atoms with E-state index in [1.165, 1.54) is 5.39 Å².